The van der Waals surface area contributed by atoms with Gasteiger partial charge in [-0.25, -0.2) is 8.42 Å². The molecule has 0 fully saturated rings. The molecule has 1 aromatic rings. The highest BCUT2D eigenvalue weighted by atomic mass is 35.5. The fourth-order valence-corrected chi connectivity index (χ4v) is 3.23. The van der Waals surface area contributed by atoms with Gasteiger partial charge in [-0.2, -0.15) is 4.31 Å². The maximum Gasteiger partial charge on any atom is 0.243 e. The Balaban J connectivity index is 0.00000576. The highest BCUT2D eigenvalue weighted by molar-refractivity contribution is 7.89. The van der Waals surface area contributed by atoms with Gasteiger partial charge in [-0.15, -0.1) is 12.4 Å². The first-order valence-electron chi connectivity index (χ1n) is 7.77. The molecule has 25 heavy (non-hydrogen) atoms. The van der Waals surface area contributed by atoms with Crippen molar-refractivity contribution < 1.29 is 13.2 Å². The molecule has 9 heteroatoms. The Labute approximate surface area is 161 Å². The maximum atomic E-state index is 12.4. The first-order valence-corrected chi connectivity index (χ1v) is 9.59. The van der Waals surface area contributed by atoms with Crippen molar-refractivity contribution in [1.82, 2.24) is 9.21 Å². The first kappa shape index (κ1) is 24.1. The van der Waals surface area contributed by atoms with E-state index in [4.69, 9.17) is 17.3 Å². The summed E-state index contributed by atoms with van der Waals surface area (Å²) in [5, 5.41) is 0.453. The summed E-state index contributed by atoms with van der Waals surface area (Å²) < 4.78 is 25.9. The van der Waals surface area contributed by atoms with Gasteiger partial charge in [-0.05, 0) is 36.6 Å². The highest BCUT2D eigenvalue weighted by Gasteiger charge is 2.24. The van der Waals surface area contributed by atoms with Crippen LogP contribution in [-0.4, -0.2) is 56.8 Å². The molecule has 144 valence electrons. The molecule has 0 spiro atoms. The van der Waals surface area contributed by atoms with E-state index in [-0.39, 0.29) is 35.8 Å². The Hall–Kier alpha value is -0.860. The highest BCUT2D eigenvalue weighted by Crippen LogP contribution is 2.17. The normalized spacial score (nSPS) is 12.8. The molecule has 0 saturated carbocycles. The van der Waals surface area contributed by atoms with Crippen molar-refractivity contribution in [3.8, 4) is 0 Å². The zero-order valence-electron chi connectivity index (χ0n) is 15.0. The van der Waals surface area contributed by atoms with E-state index in [1.165, 1.54) is 36.2 Å². The zero-order chi connectivity index (χ0) is 18.5. The molecule has 1 rings (SSSR count). The molecule has 0 heterocycles. The third kappa shape index (κ3) is 7.11. The lowest BCUT2D eigenvalue weighted by molar-refractivity contribution is -0.130. The van der Waals surface area contributed by atoms with E-state index in [0.29, 0.717) is 23.9 Å². The predicted molar refractivity (Wildman–Crippen MR) is 104 cm³/mol. The van der Waals surface area contributed by atoms with Crippen LogP contribution in [0.3, 0.4) is 0 Å². The van der Waals surface area contributed by atoms with Crippen molar-refractivity contribution in [2.75, 3.05) is 27.2 Å². The third-order valence-electron chi connectivity index (χ3n) is 3.96. The van der Waals surface area contributed by atoms with E-state index in [0.717, 1.165) is 4.31 Å². The Bertz CT molecular complexity index is 651. The van der Waals surface area contributed by atoms with Crippen LogP contribution in [0.5, 0.6) is 0 Å². The third-order valence-corrected chi connectivity index (χ3v) is 6.03. The number of hydrogen-bond donors (Lipinski definition) is 1. The van der Waals surface area contributed by atoms with E-state index in [1.807, 2.05) is 13.8 Å². The Morgan fingerprint density at radius 1 is 1.20 bits per heavy atom. The molecule has 1 unspecified atom stereocenters. The van der Waals surface area contributed by atoms with Crippen molar-refractivity contribution in [3.05, 3.63) is 29.3 Å². The van der Waals surface area contributed by atoms with Gasteiger partial charge < -0.3 is 10.6 Å². The summed E-state index contributed by atoms with van der Waals surface area (Å²) in [6.45, 7) is 4.32. The maximum absolute atomic E-state index is 12.4. The minimum Gasteiger partial charge on any atom is -0.345 e. The molecule has 1 amide bonds. The van der Waals surface area contributed by atoms with Crippen LogP contribution in [0.15, 0.2) is 29.2 Å². The lowest BCUT2D eigenvalue weighted by Gasteiger charge is -2.24. The number of halogens is 2. The van der Waals surface area contributed by atoms with Crippen LogP contribution < -0.4 is 5.73 Å². The van der Waals surface area contributed by atoms with Gasteiger partial charge >= 0.3 is 0 Å². The Morgan fingerprint density at radius 3 is 2.20 bits per heavy atom. The number of benzene rings is 1. The van der Waals surface area contributed by atoms with Crippen molar-refractivity contribution in [2.24, 2.45) is 11.7 Å². The molecule has 2 N–H and O–H groups in total. The molecule has 0 aliphatic carbocycles. The summed E-state index contributed by atoms with van der Waals surface area (Å²) in [5.41, 5.74) is 5.97. The first-order chi connectivity index (χ1) is 11.1. The molecule has 0 aromatic heterocycles. The SMILES string of the molecule is CC(C)C(N)CCN(C)C(=O)CN(C)S(=O)(=O)c1ccc(Cl)cc1.Cl. The molecule has 0 saturated heterocycles. The number of carbonyl (C=O) groups is 1. The number of likely N-dealkylation sites (N-methyl/N-ethyl adjacent to an activating group) is 2. The summed E-state index contributed by atoms with van der Waals surface area (Å²) in [6, 6.07) is 5.86. The number of nitrogens with two attached hydrogens (primary N) is 1. The topological polar surface area (TPSA) is 83.7 Å². The summed E-state index contributed by atoms with van der Waals surface area (Å²) in [5.74, 6) is 0.0625. The number of rotatable bonds is 8. The van der Waals surface area contributed by atoms with Crippen LogP contribution in [0.4, 0.5) is 0 Å². The van der Waals surface area contributed by atoms with E-state index in [9.17, 15) is 13.2 Å². The fourth-order valence-electron chi connectivity index (χ4n) is 1.98. The van der Waals surface area contributed by atoms with Crippen molar-refractivity contribution in [3.63, 3.8) is 0 Å². The second-order valence-corrected chi connectivity index (χ2v) is 8.71. The van der Waals surface area contributed by atoms with Crippen molar-refractivity contribution >= 4 is 39.9 Å². The molecule has 6 nitrogen and oxygen atoms in total. The standard InChI is InChI=1S/C16H26ClN3O3S.ClH/c1-12(2)15(18)9-10-19(3)16(21)11-20(4)24(22,23)14-7-5-13(17)6-8-14;/h5-8,12,15H,9-11,18H2,1-4H3;1H. The average Bonchev–Trinajstić information content (AvgIpc) is 2.52. The number of carbonyl (C=O) groups excluding carboxylic acids is 1. The monoisotopic (exact) mass is 411 g/mol. The summed E-state index contributed by atoms with van der Waals surface area (Å²) in [7, 11) is -0.691. The molecule has 0 aliphatic rings. The van der Waals surface area contributed by atoms with Crippen molar-refractivity contribution in [2.45, 2.75) is 31.2 Å². The van der Waals surface area contributed by atoms with E-state index in [1.54, 1.807) is 7.05 Å². The average molecular weight is 412 g/mol. The van der Waals surface area contributed by atoms with Gasteiger partial charge in [0.1, 0.15) is 0 Å². The minimum atomic E-state index is -3.73. The predicted octanol–water partition coefficient (Wildman–Crippen LogP) is 2.21. The molecular weight excluding hydrogens is 385 g/mol. The second-order valence-electron chi connectivity index (χ2n) is 6.23. The largest absolute Gasteiger partial charge is 0.345 e. The minimum absolute atomic E-state index is 0. The van der Waals surface area contributed by atoms with E-state index in [2.05, 4.69) is 0 Å². The van der Waals surface area contributed by atoms with Gasteiger partial charge in [0.25, 0.3) is 0 Å². The molecular formula is C16H27Cl2N3O3S. The van der Waals surface area contributed by atoms with Gasteiger partial charge in [-0.1, -0.05) is 25.4 Å². The number of hydrogen-bond acceptors (Lipinski definition) is 4. The van der Waals surface area contributed by atoms with Crippen LogP contribution in [0, 0.1) is 5.92 Å². The van der Waals surface area contributed by atoms with Crippen LogP contribution in [0.2, 0.25) is 5.02 Å². The lowest BCUT2D eigenvalue weighted by atomic mass is 10.0. The number of sulfonamides is 1. The Morgan fingerprint density at radius 2 is 1.72 bits per heavy atom. The second kappa shape index (κ2) is 10.3. The summed E-state index contributed by atoms with van der Waals surface area (Å²) in [4.78, 5) is 13.8. The van der Waals surface area contributed by atoms with Crippen LogP contribution in [-0.2, 0) is 14.8 Å². The number of nitrogens with zero attached hydrogens (tertiary/aromatic N) is 2. The van der Waals surface area contributed by atoms with Crippen molar-refractivity contribution in [1.29, 1.82) is 0 Å². The van der Waals surface area contributed by atoms with Gasteiger partial charge in [0.05, 0.1) is 11.4 Å². The lowest BCUT2D eigenvalue weighted by Crippen LogP contribution is -2.41. The Kier molecular flexibility index (Phi) is 9.97. The zero-order valence-corrected chi connectivity index (χ0v) is 17.4. The van der Waals surface area contributed by atoms with Crippen LogP contribution in [0.1, 0.15) is 20.3 Å². The molecule has 1 atom stereocenters. The fraction of sp³-hybridized carbons (Fsp3) is 0.562. The van der Waals surface area contributed by atoms with Crippen LogP contribution in [0.25, 0.3) is 0 Å². The van der Waals surface area contributed by atoms with Gasteiger partial charge in [0.2, 0.25) is 15.9 Å². The van der Waals surface area contributed by atoms with Gasteiger partial charge in [0, 0.05) is 31.7 Å². The summed E-state index contributed by atoms with van der Waals surface area (Å²) >= 11 is 5.77. The number of amides is 1. The van der Waals surface area contributed by atoms with Crippen LogP contribution >= 0.6 is 24.0 Å². The quantitative estimate of drug-likeness (QED) is 0.710. The van der Waals surface area contributed by atoms with Gasteiger partial charge in [-0.3, -0.25) is 4.79 Å². The molecule has 0 bridgehead atoms. The molecule has 0 aliphatic heterocycles. The van der Waals surface area contributed by atoms with Gasteiger partial charge in [0.15, 0.2) is 0 Å². The molecule has 0 radical (unpaired) electrons. The molecule has 1 aromatic carbocycles. The smallest absolute Gasteiger partial charge is 0.243 e. The van der Waals surface area contributed by atoms with E-state index >= 15 is 0 Å². The summed E-state index contributed by atoms with van der Waals surface area (Å²) in [6.07, 6.45) is 0.674. The van der Waals surface area contributed by atoms with E-state index < -0.39 is 10.0 Å².